The molecule has 0 atom stereocenters. The van der Waals surface area contributed by atoms with Crippen LogP contribution in [-0.4, -0.2) is 34.9 Å². The predicted molar refractivity (Wildman–Crippen MR) is 226 cm³/mol. The van der Waals surface area contributed by atoms with Crippen molar-refractivity contribution in [2.75, 3.05) is 0 Å². The second kappa shape index (κ2) is 13.0. The van der Waals surface area contributed by atoms with Gasteiger partial charge < -0.3 is 0 Å². The van der Waals surface area contributed by atoms with Gasteiger partial charge in [-0.15, -0.1) is 0 Å². The zero-order valence-electron chi connectivity index (χ0n) is 29.9. The summed E-state index contributed by atoms with van der Waals surface area (Å²) in [6.45, 7) is 0. The third-order valence-electron chi connectivity index (χ3n) is 10.5. The van der Waals surface area contributed by atoms with Gasteiger partial charge in [0.25, 0.3) is 0 Å². The van der Waals surface area contributed by atoms with E-state index >= 15 is 0 Å². The fourth-order valence-electron chi connectivity index (χ4n) is 7.75. The van der Waals surface area contributed by atoms with Crippen molar-refractivity contribution >= 4 is 54.4 Å². The van der Waals surface area contributed by atoms with E-state index < -0.39 is 0 Å². The average molecular weight is 716 g/mol. The molecule has 0 aliphatic heterocycles. The van der Waals surface area contributed by atoms with Gasteiger partial charge in [-0.05, 0) is 75.5 Å². The van der Waals surface area contributed by atoms with E-state index in [-0.39, 0.29) is 0 Å². The molecule has 7 nitrogen and oxygen atoms in total. The Labute approximate surface area is 321 Å². The zero-order valence-corrected chi connectivity index (χ0v) is 29.9. The molecule has 0 aliphatic rings. The molecule has 0 bridgehead atoms. The van der Waals surface area contributed by atoms with Crippen LogP contribution in [0.5, 0.6) is 0 Å². The Morgan fingerprint density at radius 3 is 1.27 bits per heavy atom. The van der Waals surface area contributed by atoms with E-state index in [9.17, 15) is 0 Å². The molecule has 0 aliphatic carbocycles. The van der Waals surface area contributed by atoms with E-state index in [1.54, 1.807) is 0 Å². The van der Waals surface area contributed by atoms with Gasteiger partial charge in [-0.3, -0.25) is 19.9 Å². The summed E-state index contributed by atoms with van der Waals surface area (Å²) in [5.41, 5.74) is 10.4. The first-order chi connectivity index (χ1) is 27.7. The molecule has 0 radical (unpaired) electrons. The van der Waals surface area contributed by atoms with E-state index in [1.807, 2.05) is 36.9 Å². The van der Waals surface area contributed by atoms with E-state index in [1.165, 1.54) is 0 Å². The van der Waals surface area contributed by atoms with Crippen molar-refractivity contribution in [2.45, 2.75) is 0 Å². The van der Waals surface area contributed by atoms with E-state index in [2.05, 4.69) is 149 Å². The summed E-state index contributed by atoms with van der Waals surface area (Å²) >= 11 is 0. The number of hydrogen-bond donors (Lipinski definition) is 0. The Kier molecular flexibility index (Phi) is 7.35. The van der Waals surface area contributed by atoms with Crippen LogP contribution in [0.3, 0.4) is 0 Å². The largest absolute Gasteiger partial charge is 0.254 e. The monoisotopic (exact) mass is 715 g/mol. The number of rotatable bonds is 5. The van der Waals surface area contributed by atoms with Crippen molar-refractivity contribution < 1.29 is 0 Å². The minimum atomic E-state index is 0.586. The molecule has 0 spiro atoms. The highest BCUT2D eigenvalue weighted by Gasteiger charge is 2.16. The number of hydrogen-bond acceptors (Lipinski definition) is 7. The maximum Gasteiger partial charge on any atom is 0.164 e. The maximum absolute atomic E-state index is 5.17. The van der Waals surface area contributed by atoms with Gasteiger partial charge in [-0.2, -0.15) is 0 Å². The van der Waals surface area contributed by atoms with Gasteiger partial charge in [0.15, 0.2) is 17.5 Å². The summed E-state index contributed by atoms with van der Waals surface area (Å²) in [4.78, 5) is 34.3. The van der Waals surface area contributed by atoms with Crippen LogP contribution in [0.25, 0.3) is 111 Å². The molecule has 11 rings (SSSR count). The Balaban J connectivity index is 1.07. The minimum Gasteiger partial charge on any atom is -0.254 e. The summed E-state index contributed by atoms with van der Waals surface area (Å²) in [7, 11) is 0. The van der Waals surface area contributed by atoms with Crippen LogP contribution in [-0.2, 0) is 0 Å². The molecule has 260 valence electrons. The van der Waals surface area contributed by atoms with Crippen molar-refractivity contribution in [3.05, 3.63) is 176 Å². The van der Waals surface area contributed by atoms with Crippen molar-refractivity contribution in [2.24, 2.45) is 0 Å². The highest BCUT2D eigenvalue weighted by Crippen LogP contribution is 2.36. The number of pyridine rings is 4. The van der Waals surface area contributed by atoms with Crippen LogP contribution in [0.15, 0.2) is 176 Å². The molecule has 5 heterocycles. The second-order valence-electron chi connectivity index (χ2n) is 13.8. The highest BCUT2D eigenvalue weighted by atomic mass is 15.0. The summed E-state index contributed by atoms with van der Waals surface area (Å²) in [5.74, 6) is 1.77. The first-order valence-electron chi connectivity index (χ1n) is 18.5. The SMILES string of the molecule is c1cc(-c2nc(-c3cccc(-c4ccnc5c4ccc4cccnc45)c3)nc(-c3ccc4ccccc4c3)n2)cc(-c2ccnc3c2ccc2cccnc23)c1. The first kappa shape index (κ1) is 31.7. The Morgan fingerprint density at radius 1 is 0.268 bits per heavy atom. The van der Waals surface area contributed by atoms with Gasteiger partial charge in [0.05, 0.1) is 22.1 Å². The average Bonchev–Trinajstić information content (AvgIpc) is 3.28. The maximum atomic E-state index is 5.17. The van der Waals surface area contributed by atoms with Crippen molar-refractivity contribution in [1.29, 1.82) is 0 Å². The van der Waals surface area contributed by atoms with Crippen LogP contribution < -0.4 is 0 Å². The molecule has 6 aromatic carbocycles. The van der Waals surface area contributed by atoms with Gasteiger partial charge in [0.1, 0.15) is 0 Å². The molecule has 11 aromatic rings. The molecule has 0 saturated heterocycles. The van der Waals surface area contributed by atoms with Gasteiger partial charge in [0, 0.05) is 63.0 Å². The Bertz CT molecular complexity index is 3160. The molecular formula is C49H29N7. The number of aromatic nitrogens is 7. The Morgan fingerprint density at radius 2 is 0.714 bits per heavy atom. The number of nitrogens with zero attached hydrogens (tertiary/aromatic N) is 7. The van der Waals surface area contributed by atoms with Crippen LogP contribution in [0.1, 0.15) is 0 Å². The second-order valence-corrected chi connectivity index (χ2v) is 13.8. The first-order valence-corrected chi connectivity index (χ1v) is 18.5. The van der Waals surface area contributed by atoms with Gasteiger partial charge in [-0.1, -0.05) is 109 Å². The van der Waals surface area contributed by atoms with Crippen molar-refractivity contribution in [3.8, 4) is 56.4 Å². The Hall–Kier alpha value is -7.77. The third kappa shape index (κ3) is 5.41. The van der Waals surface area contributed by atoms with E-state index in [0.29, 0.717) is 17.5 Å². The van der Waals surface area contributed by atoms with Crippen molar-refractivity contribution in [1.82, 2.24) is 34.9 Å². The topological polar surface area (TPSA) is 90.2 Å². The van der Waals surface area contributed by atoms with Crippen LogP contribution in [0.2, 0.25) is 0 Å². The van der Waals surface area contributed by atoms with Crippen LogP contribution in [0.4, 0.5) is 0 Å². The molecule has 7 heteroatoms. The normalized spacial score (nSPS) is 11.6. The summed E-state index contributed by atoms with van der Waals surface area (Å²) < 4.78 is 0. The quantitative estimate of drug-likeness (QED) is 0.164. The summed E-state index contributed by atoms with van der Waals surface area (Å²) in [5, 5.41) is 6.47. The zero-order chi connectivity index (χ0) is 37.0. The minimum absolute atomic E-state index is 0.586. The van der Waals surface area contributed by atoms with E-state index in [0.717, 1.165) is 93.3 Å². The third-order valence-corrected chi connectivity index (χ3v) is 10.5. The smallest absolute Gasteiger partial charge is 0.164 e. The lowest BCUT2D eigenvalue weighted by atomic mass is 9.98. The van der Waals surface area contributed by atoms with Crippen LogP contribution >= 0.6 is 0 Å². The molecule has 0 fully saturated rings. The summed E-state index contributed by atoms with van der Waals surface area (Å²) in [6, 6.07) is 52.1. The van der Waals surface area contributed by atoms with Crippen molar-refractivity contribution in [3.63, 3.8) is 0 Å². The van der Waals surface area contributed by atoms with Gasteiger partial charge in [0.2, 0.25) is 0 Å². The lowest BCUT2D eigenvalue weighted by Gasteiger charge is -2.12. The molecule has 0 amide bonds. The lowest BCUT2D eigenvalue weighted by molar-refractivity contribution is 1.07. The number of benzene rings is 6. The van der Waals surface area contributed by atoms with E-state index in [4.69, 9.17) is 24.9 Å². The molecule has 0 saturated carbocycles. The molecular weight excluding hydrogens is 687 g/mol. The fraction of sp³-hybridized carbons (Fsp3) is 0. The highest BCUT2D eigenvalue weighted by molar-refractivity contribution is 6.09. The molecule has 0 N–H and O–H groups in total. The molecule has 0 unspecified atom stereocenters. The standard InChI is InChI=1S/C49H29N7/c1-2-8-33-27-38(16-15-30(33)7-1)49-55-47(36-11-3-9-34(28-36)39-21-25-52-45-41(39)19-17-31-13-5-23-50-43(31)45)54-48(56-49)37-12-4-10-35(29-37)40-22-26-53-46-42(40)20-18-32-14-6-24-51-44(32)46/h1-29H. The summed E-state index contributed by atoms with van der Waals surface area (Å²) in [6.07, 6.45) is 7.34. The number of fused-ring (bicyclic) bond motifs is 7. The lowest BCUT2D eigenvalue weighted by Crippen LogP contribution is -2.00. The van der Waals surface area contributed by atoms with Gasteiger partial charge >= 0.3 is 0 Å². The molecule has 56 heavy (non-hydrogen) atoms. The van der Waals surface area contributed by atoms with Crippen LogP contribution in [0, 0.1) is 0 Å². The fourth-order valence-corrected chi connectivity index (χ4v) is 7.75. The predicted octanol–water partition coefficient (Wildman–Crippen LogP) is 11.6. The molecule has 5 aromatic heterocycles. The van der Waals surface area contributed by atoms with Gasteiger partial charge in [-0.25, -0.2) is 15.0 Å².